The van der Waals surface area contributed by atoms with Gasteiger partial charge in [-0.15, -0.1) is 0 Å². The fourth-order valence-corrected chi connectivity index (χ4v) is 3.41. The number of hydrogen-bond acceptors (Lipinski definition) is 5. The molecule has 0 bridgehead atoms. The van der Waals surface area contributed by atoms with E-state index >= 15 is 0 Å². The molecule has 2 rings (SSSR count). The molecule has 1 aromatic rings. The molecule has 0 aromatic carbocycles. The van der Waals surface area contributed by atoms with E-state index in [1.807, 2.05) is 6.07 Å². The van der Waals surface area contributed by atoms with Gasteiger partial charge in [0.1, 0.15) is 0 Å². The fourth-order valence-electron chi connectivity index (χ4n) is 2.67. The van der Waals surface area contributed by atoms with E-state index in [-0.39, 0.29) is 5.91 Å². The molecule has 1 saturated heterocycles. The van der Waals surface area contributed by atoms with Crippen LogP contribution in [0.3, 0.4) is 0 Å². The molecule has 122 valence electrons. The van der Waals surface area contributed by atoms with E-state index < -0.39 is 21.7 Å². The zero-order valence-electron chi connectivity index (χ0n) is 12.7. The molecule has 0 spiro atoms. The molecule has 1 aliphatic heterocycles. The third kappa shape index (κ3) is 4.02. The largest absolute Gasteiger partial charge is 0.385 e. The van der Waals surface area contributed by atoms with Crippen LogP contribution >= 0.6 is 0 Å². The van der Waals surface area contributed by atoms with Gasteiger partial charge in [-0.2, -0.15) is 0 Å². The molecule has 8 heteroatoms. The number of sulfonamides is 1. The van der Waals surface area contributed by atoms with Crippen molar-refractivity contribution in [2.45, 2.75) is 31.4 Å². The summed E-state index contributed by atoms with van der Waals surface area (Å²) in [5, 5.41) is 10.7. The fraction of sp³-hybridized carbons (Fsp3) is 0.571. The normalized spacial score (nSPS) is 19.7. The molecular formula is C14H21N3O4S. The highest BCUT2D eigenvalue weighted by atomic mass is 32.2. The van der Waals surface area contributed by atoms with Gasteiger partial charge in [0.05, 0.1) is 17.9 Å². The molecule has 22 heavy (non-hydrogen) atoms. The Morgan fingerprint density at radius 2 is 2.09 bits per heavy atom. The Morgan fingerprint density at radius 1 is 1.45 bits per heavy atom. The van der Waals surface area contributed by atoms with Crippen LogP contribution in [-0.2, 0) is 20.4 Å². The SMILES string of the molecule is CC(NS(C)(=O)=O)C(=O)N1CCC(O)(c2cccnc2)CC1. The van der Waals surface area contributed by atoms with Crippen molar-refractivity contribution in [2.24, 2.45) is 0 Å². The molecule has 7 nitrogen and oxygen atoms in total. The average Bonchev–Trinajstić information content (AvgIpc) is 2.46. The lowest BCUT2D eigenvalue weighted by Gasteiger charge is -2.39. The average molecular weight is 327 g/mol. The molecule has 1 unspecified atom stereocenters. The van der Waals surface area contributed by atoms with Crippen LogP contribution in [0.2, 0.25) is 0 Å². The maximum atomic E-state index is 12.2. The monoisotopic (exact) mass is 327 g/mol. The second-order valence-corrected chi connectivity index (χ2v) is 7.49. The molecule has 1 aromatic heterocycles. The minimum atomic E-state index is -3.43. The highest BCUT2D eigenvalue weighted by molar-refractivity contribution is 7.88. The molecule has 1 aliphatic rings. The quantitative estimate of drug-likeness (QED) is 0.800. The van der Waals surface area contributed by atoms with E-state index in [0.29, 0.717) is 25.9 Å². The van der Waals surface area contributed by atoms with Gasteiger partial charge in [0.2, 0.25) is 15.9 Å². The number of pyridine rings is 1. The highest BCUT2D eigenvalue weighted by Gasteiger charge is 2.36. The van der Waals surface area contributed by atoms with Gasteiger partial charge in [-0.1, -0.05) is 6.07 Å². The van der Waals surface area contributed by atoms with Crippen LogP contribution in [0.15, 0.2) is 24.5 Å². The van der Waals surface area contributed by atoms with Crippen molar-refractivity contribution in [1.82, 2.24) is 14.6 Å². The molecule has 2 N–H and O–H groups in total. The van der Waals surface area contributed by atoms with Crippen molar-refractivity contribution in [3.05, 3.63) is 30.1 Å². The number of hydrogen-bond donors (Lipinski definition) is 2. The number of carbonyl (C=O) groups is 1. The Hall–Kier alpha value is -1.51. The Morgan fingerprint density at radius 3 is 2.59 bits per heavy atom. The van der Waals surface area contributed by atoms with Crippen LogP contribution in [0.25, 0.3) is 0 Å². The lowest BCUT2D eigenvalue weighted by molar-refractivity contribution is -0.137. The molecule has 1 amide bonds. The van der Waals surface area contributed by atoms with E-state index in [9.17, 15) is 18.3 Å². The zero-order chi connectivity index (χ0) is 16.4. The molecular weight excluding hydrogens is 306 g/mol. The Balaban J connectivity index is 1.99. The Labute approximate surface area is 130 Å². The first-order valence-electron chi connectivity index (χ1n) is 7.10. The number of piperidine rings is 1. The number of aliphatic hydroxyl groups is 1. The topological polar surface area (TPSA) is 99.6 Å². The molecule has 0 aliphatic carbocycles. The standard InChI is InChI=1S/C14H21N3O4S/c1-11(16-22(2,20)21)13(18)17-8-5-14(19,6-9-17)12-4-3-7-15-10-12/h3-4,7,10-11,16,19H,5-6,8-9H2,1-2H3. The summed E-state index contributed by atoms with van der Waals surface area (Å²) >= 11 is 0. The number of nitrogens with zero attached hydrogens (tertiary/aromatic N) is 2. The molecule has 1 fully saturated rings. The molecule has 1 atom stereocenters. The van der Waals surface area contributed by atoms with E-state index in [1.54, 1.807) is 23.4 Å². The second kappa shape index (κ2) is 6.31. The number of carbonyl (C=O) groups excluding carboxylic acids is 1. The van der Waals surface area contributed by atoms with Gasteiger partial charge >= 0.3 is 0 Å². The zero-order valence-corrected chi connectivity index (χ0v) is 13.5. The van der Waals surface area contributed by atoms with Gasteiger partial charge in [-0.3, -0.25) is 9.78 Å². The second-order valence-electron chi connectivity index (χ2n) is 5.71. The third-order valence-electron chi connectivity index (χ3n) is 3.86. The van der Waals surface area contributed by atoms with Gasteiger partial charge in [-0.25, -0.2) is 13.1 Å². The lowest BCUT2D eigenvalue weighted by atomic mass is 9.85. The molecule has 0 radical (unpaired) electrons. The van der Waals surface area contributed by atoms with E-state index in [1.165, 1.54) is 6.92 Å². The highest BCUT2D eigenvalue weighted by Crippen LogP contribution is 2.32. The number of aromatic nitrogens is 1. The maximum Gasteiger partial charge on any atom is 0.240 e. The first-order valence-corrected chi connectivity index (χ1v) is 8.99. The van der Waals surface area contributed by atoms with Crippen LogP contribution in [0.5, 0.6) is 0 Å². The van der Waals surface area contributed by atoms with Crippen molar-refractivity contribution < 1.29 is 18.3 Å². The summed E-state index contributed by atoms with van der Waals surface area (Å²) in [6.07, 6.45) is 5.09. The van der Waals surface area contributed by atoms with E-state index in [4.69, 9.17) is 0 Å². The van der Waals surface area contributed by atoms with Gasteiger partial charge in [0.25, 0.3) is 0 Å². The van der Waals surface area contributed by atoms with Crippen LogP contribution in [0, 0.1) is 0 Å². The van der Waals surface area contributed by atoms with E-state index in [0.717, 1.165) is 11.8 Å². The number of nitrogens with one attached hydrogen (secondary N) is 1. The summed E-state index contributed by atoms with van der Waals surface area (Å²) in [4.78, 5) is 17.8. The van der Waals surface area contributed by atoms with Crippen molar-refractivity contribution in [1.29, 1.82) is 0 Å². The maximum absolute atomic E-state index is 12.2. The number of likely N-dealkylation sites (tertiary alicyclic amines) is 1. The Bertz CT molecular complexity index is 625. The summed E-state index contributed by atoms with van der Waals surface area (Å²) in [6.45, 7) is 2.27. The van der Waals surface area contributed by atoms with Crippen LogP contribution in [-0.4, -0.2) is 54.7 Å². The molecule has 0 saturated carbocycles. The van der Waals surface area contributed by atoms with Crippen LogP contribution in [0.4, 0.5) is 0 Å². The van der Waals surface area contributed by atoms with Crippen molar-refractivity contribution >= 4 is 15.9 Å². The summed E-state index contributed by atoms with van der Waals surface area (Å²) < 4.78 is 24.7. The van der Waals surface area contributed by atoms with Gasteiger partial charge in [-0.05, 0) is 25.8 Å². The predicted molar refractivity (Wildman–Crippen MR) is 81.4 cm³/mol. The van der Waals surface area contributed by atoms with Gasteiger partial charge in [0, 0.05) is 31.0 Å². The lowest BCUT2D eigenvalue weighted by Crippen LogP contribution is -2.51. The minimum Gasteiger partial charge on any atom is -0.385 e. The smallest absolute Gasteiger partial charge is 0.240 e. The van der Waals surface area contributed by atoms with Crippen molar-refractivity contribution in [3.8, 4) is 0 Å². The van der Waals surface area contributed by atoms with Gasteiger partial charge in [0.15, 0.2) is 0 Å². The summed E-state index contributed by atoms with van der Waals surface area (Å²) in [7, 11) is -3.43. The first-order chi connectivity index (χ1) is 10.2. The van der Waals surface area contributed by atoms with Crippen molar-refractivity contribution in [2.75, 3.05) is 19.3 Å². The number of amides is 1. The first kappa shape index (κ1) is 16.9. The molecule has 2 heterocycles. The third-order valence-corrected chi connectivity index (χ3v) is 4.64. The van der Waals surface area contributed by atoms with Crippen molar-refractivity contribution in [3.63, 3.8) is 0 Å². The number of rotatable bonds is 4. The van der Waals surface area contributed by atoms with E-state index in [2.05, 4.69) is 9.71 Å². The van der Waals surface area contributed by atoms with Crippen LogP contribution < -0.4 is 4.72 Å². The Kier molecular flexibility index (Phi) is 4.84. The summed E-state index contributed by atoms with van der Waals surface area (Å²) in [5.74, 6) is -0.279. The summed E-state index contributed by atoms with van der Waals surface area (Å²) in [5.41, 5.74) is -0.247. The minimum absolute atomic E-state index is 0.279. The predicted octanol–water partition coefficient (Wildman–Crippen LogP) is -0.171. The van der Waals surface area contributed by atoms with Crippen LogP contribution in [0.1, 0.15) is 25.3 Å². The van der Waals surface area contributed by atoms with Gasteiger partial charge < -0.3 is 10.0 Å². The summed E-state index contributed by atoms with van der Waals surface area (Å²) in [6, 6.07) is 2.78.